The second-order valence-electron chi connectivity index (χ2n) is 4.58. The SMILES string of the molecule is CCn1nnnc1COc1cccc(C(=O)NCC(=O)NC)c1. The van der Waals surface area contributed by atoms with E-state index < -0.39 is 0 Å². The fourth-order valence-corrected chi connectivity index (χ4v) is 1.80. The number of hydrogen-bond donors (Lipinski definition) is 2. The first-order valence-corrected chi connectivity index (χ1v) is 7.10. The fraction of sp³-hybridized carbons (Fsp3) is 0.357. The summed E-state index contributed by atoms with van der Waals surface area (Å²) in [5, 5.41) is 16.2. The minimum Gasteiger partial charge on any atom is -0.486 e. The Morgan fingerprint density at radius 2 is 2.17 bits per heavy atom. The minimum absolute atomic E-state index is 0.0777. The molecule has 2 N–H and O–H groups in total. The lowest BCUT2D eigenvalue weighted by Gasteiger charge is -2.08. The second kappa shape index (κ2) is 7.87. The summed E-state index contributed by atoms with van der Waals surface area (Å²) < 4.78 is 7.23. The molecule has 2 rings (SSSR count). The number of rotatable bonds is 7. The predicted molar refractivity (Wildman–Crippen MR) is 80.7 cm³/mol. The van der Waals surface area contributed by atoms with E-state index in [1.165, 1.54) is 7.05 Å². The smallest absolute Gasteiger partial charge is 0.251 e. The van der Waals surface area contributed by atoms with Crippen molar-refractivity contribution in [3.63, 3.8) is 0 Å². The van der Waals surface area contributed by atoms with Crippen LogP contribution < -0.4 is 15.4 Å². The van der Waals surface area contributed by atoms with Crippen molar-refractivity contribution in [3.05, 3.63) is 35.7 Å². The number of nitrogens with zero attached hydrogens (tertiary/aromatic N) is 4. The topological polar surface area (TPSA) is 111 Å². The molecule has 122 valence electrons. The molecule has 2 aromatic rings. The van der Waals surface area contributed by atoms with E-state index in [0.717, 1.165) is 0 Å². The molecule has 1 aromatic heterocycles. The van der Waals surface area contributed by atoms with E-state index in [0.29, 0.717) is 23.7 Å². The molecule has 1 heterocycles. The van der Waals surface area contributed by atoms with Crippen LogP contribution >= 0.6 is 0 Å². The highest BCUT2D eigenvalue weighted by molar-refractivity contribution is 5.96. The summed E-state index contributed by atoms with van der Waals surface area (Å²) in [6.07, 6.45) is 0. The third-order valence-electron chi connectivity index (χ3n) is 3.06. The molecule has 1 aromatic carbocycles. The number of amides is 2. The van der Waals surface area contributed by atoms with Crippen LogP contribution in [0.15, 0.2) is 24.3 Å². The summed E-state index contributed by atoms with van der Waals surface area (Å²) in [5.41, 5.74) is 0.404. The molecule has 0 bridgehead atoms. The van der Waals surface area contributed by atoms with Crippen LogP contribution in [0.25, 0.3) is 0 Å². The predicted octanol–water partition coefficient (Wildman–Crippen LogP) is -0.252. The minimum atomic E-state index is -0.350. The van der Waals surface area contributed by atoms with Gasteiger partial charge in [-0.2, -0.15) is 0 Å². The van der Waals surface area contributed by atoms with Crippen LogP contribution in [-0.2, 0) is 17.9 Å². The van der Waals surface area contributed by atoms with Gasteiger partial charge in [0.05, 0.1) is 6.54 Å². The summed E-state index contributed by atoms with van der Waals surface area (Å²) in [4.78, 5) is 23.1. The monoisotopic (exact) mass is 318 g/mol. The van der Waals surface area contributed by atoms with Gasteiger partial charge in [0.25, 0.3) is 5.91 Å². The molecule has 0 aliphatic rings. The zero-order valence-electron chi connectivity index (χ0n) is 12.9. The first-order valence-electron chi connectivity index (χ1n) is 7.10. The maximum atomic E-state index is 12.0. The van der Waals surface area contributed by atoms with Gasteiger partial charge in [-0.1, -0.05) is 6.07 Å². The Balaban J connectivity index is 1.96. The summed E-state index contributed by atoms with van der Waals surface area (Å²) in [5.74, 6) is 0.500. The molecule has 9 heteroatoms. The van der Waals surface area contributed by atoms with Crippen molar-refractivity contribution >= 4 is 11.8 Å². The molecule has 0 aliphatic heterocycles. The molecule has 0 spiro atoms. The van der Waals surface area contributed by atoms with Gasteiger partial charge in [-0.15, -0.1) is 5.10 Å². The number of tetrazole rings is 1. The van der Waals surface area contributed by atoms with Gasteiger partial charge in [0.1, 0.15) is 12.4 Å². The number of aryl methyl sites for hydroxylation is 1. The fourth-order valence-electron chi connectivity index (χ4n) is 1.80. The Morgan fingerprint density at radius 3 is 2.91 bits per heavy atom. The lowest BCUT2D eigenvalue weighted by atomic mass is 10.2. The molecular formula is C14H18N6O3. The van der Waals surface area contributed by atoms with Crippen molar-refractivity contribution < 1.29 is 14.3 Å². The highest BCUT2D eigenvalue weighted by Gasteiger charge is 2.09. The van der Waals surface area contributed by atoms with Gasteiger partial charge in [-0.05, 0) is 35.5 Å². The van der Waals surface area contributed by atoms with Crippen LogP contribution in [0.5, 0.6) is 5.75 Å². The maximum Gasteiger partial charge on any atom is 0.251 e. The molecular weight excluding hydrogens is 300 g/mol. The van der Waals surface area contributed by atoms with Gasteiger partial charge >= 0.3 is 0 Å². The van der Waals surface area contributed by atoms with Crippen molar-refractivity contribution in [1.82, 2.24) is 30.8 Å². The molecule has 9 nitrogen and oxygen atoms in total. The number of benzene rings is 1. The molecule has 0 atom stereocenters. The first-order chi connectivity index (χ1) is 11.1. The summed E-state index contributed by atoms with van der Waals surface area (Å²) in [6, 6.07) is 6.67. The highest BCUT2D eigenvalue weighted by atomic mass is 16.5. The van der Waals surface area contributed by atoms with Gasteiger partial charge < -0.3 is 15.4 Å². The van der Waals surface area contributed by atoms with Gasteiger partial charge in [0, 0.05) is 19.2 Å². The van der Waals surface area contributed by atoms with Gasteiger partial charge in [0.2, 0.25) is 5.91 Å². The molecule has 23 heavy (non-hydrogen) atoms. The molecule has 2 amide bonds. The number of carbonyl (C=O) groups is 2. The quantitative estimate of drug-likeness (QED) is 0.728. The van der Waals surface area contributed by atoms with Crippen molar-refractivity contribution in [2.24, 2.45) is 0 Å². The third-order valence-corrected chi connectivity index (χ3v) is 3.06. The van der Waals surface area contributed by atoms with Crippen molar-refractivity contribution in [2.75, 3.05) is 13.6 Å². The molecule has 0 fully saturated rings. The van der Waals surface area contributed by atoms with Crippen LogP contribution in [0.1, 0.15) is 23.1 Å². The van der Waals surface area contributed by atoms with Gasteiger partial charge in [-0.25, -0.2) is 4.68 Å². The average molecular weight is 318 g/mol. The molecule has 0 radical (unpaired) electrons. The Kier molecular flexibility index (Phi) is 5.61. The second-order valence-corrected chi connectivity index (χ2v) is 4.58. The van der Waals surface area contributed by atoms with E-state index in [-0.39, 0.29) is 25.0 Å². The largest absolute Gasteiger partial charge is 0.486 e. The number of aromatic nitrogens is 4. The van der Waals surface area contributed by atoms with Crippen LogP contribution in [0.2, 0.25) is 0 Å². The number of ether oxygens (including phenoxy) is 1. The van der Waals surface area contributed by atoms with E-state index in [1.54, 1.807) is 28.9 Å². The zero-order valence-corrected chi connectivity index (χ0v) is 12.9. The zero-order chi connectivity index (χ0) is 16.7. The van der Waals surface area contributed by atoms with Gasteiger partial charge in [0.15, 0.2) is 5.82 Å². The van der Waals surface area contributed by atoms with Crippen LogP contribution in [0.3, 0.4) is 0 Å². The van der Waals surface area contributed by atoms with Crippen molar-refractivity contribution in [3.8, 4) is 5.75 Å². The Morgan fingerprint density at radius 1 is 1.35 bits per heavy atom. The first kappa shape index (κ1) is 16.4. The van der Waals surface area contributed by atoms with E-state index >= 15 is 0 Å². The van der Waals surface area contributed by atoms with E-state index in [2.05, 4.69) is 26.2 Å². The van der Waals surface area contributed by atoms with Crippen LogP contribution in [0.4, 0.5) is 0 Å². The van der Waals surface area contributed by atoms with E-state index in [4.69, 9.17) is 4.74 Å². The molecule has 0 saturated carbocycles. The van der Waals surface area contributed by atoms with Crippen molar-refractivity contribution in [2.45, 2.75) is 20.1 Å². The standard InChI is InChI=1S/C14H18N6O3/c1-3-20-12(17-18-19-20)9-23-11-6-4-5-10(7-11)14(22)16-8-13(21)15-2/h4-7H,3,8-9H2,1-2H3,(H,15,21)(H,16,22). The Labute approximate surface area is 133 Å². The van der Waals surface area contributed by atoms with Crippen molar-refractivity contribution in [1.29, 1.82) is 0 Å². The summed E-state index contributed by atoms with van der Waals surface area (Å²) in [6.45, 7) is 2.70. The van der Waals surface area contributed by atoms with Gasteiger partial charge in [-0.3, -0.25) is 9.59 Å². The Bertz CT molecular complexity index is 685. The lowest BCUT2D eigenvalue weighted by Crippen LogP contribution is -2.35. The number of nitrogens with one attached hydrogen (secondary N) is 2. The summed E-state index contributed by atoms with van der Waals surface area (Å²) >= 11 is 0. The summed E-state index contributed by atoms with van der Waals surface area (Å²) in [7, 11) is 1.51. The number of likely N-dealkylation sites (N-methyl/N-ethyl adjacent to an activating group) is 1. The lowest BCUT2D eigenvalue weighted by molar-refractivity contribution is -0.119. The Hall–Kier alpha value is -2.97. The van der Waals surface area contributed by atoms with E-state index in [9.17, 15) is 9.59 Å². The van der Waals surface area contributed by atoms with Crippen LogP contribution in [0, 0.1) is 0 Å². The normalized spacial score (nSPS) is 10.2. The average Bonchev–Trinajstić information content (AvgIpc) is 3.05. The third kappa shape index (κ3) is 4.50. The maximum absolute atomic E-state index is 12.0. The molecule has 0 aliphatic carbocycles. The van der Waals surface area contributed by atoms with Crippen LogP contribution in [-0.4, -0.2) is 45.6 Å². The highest BCUT2D eigenvalue weighted by Crippen LogP contribution is 2.14. The molecule has 0 saturated heterocycles. The number of hydrogen-bond acceptors (Lipinski definition) is 6. The molecule has 0 unspecified atom stereocenters. The number of carbonyl (C=O) groups excluding carboxylic acids is 2. The van der Waals surface area contributed by atoms with E-state index in [1.807, 2.05) is 6.92 Å².